The lowest BCUT2D eigenvalue weighted by Crippen LogP contribution is -2.07. The first-order valence-corrected chi connectivity index (χ1v) is 4.56. The number of fused-ring (bicyclic) bond motifs is 1. The van der Waals surface area contributed by atoms with Crippen LogP contribution in [-0.2, 0) is 0 Å². The Labute approximate surface area is 90.5 Å². The predicted octanol–water partition coefficient (Wildman–Crippen LogP) is 1.63. The van der Waals surface area contributed by atoms with E-state index in [1.165, 1.54) is 17.6 Å². The molecule has 2 heterocycles. The first-order valence-electron chi connectivity index (χ1n) is 4.56. The van der Waals surface area contributed by atoms with E-state index in [1.54, 1.807) is 18.3 Å². The summed E-state index contributed by atoms with van der Waals surface area (Å²) in [4.78, 5) is 21.7. The van der Waals surface area contributed by atoms with Crippen molar-refractivity contribution in [2.75, 3.05) is 5.32 Å². The van der Waals surface area contributed by atoms with Crippen molar-refractivity contribution in [2.45, 2.75) is 6.92 Å². The summed E-state index contributed by atoms with van der Waals surface area (Å²) in [5, 5.41) is 14.8. The van der Waals surface area contributed by atoms with Gasteiger partial charge in [-0.1, -0.05) is 0 Å². The zero-order valence-corrected chi connectivity index (χ0v) is 8.47. The maximum absolute atomic E-state index is 11.3. The summed E-state index contributed by atoms with van der Waals surface area (Å²) in [6, 6.07) is 3.13. The maximum Gasteiger partial charge on any atom is 0.409 e. The molecule has 0 aliphatic carbocycles. The first-order chi connectivity index (χ1) is 7.58. The van der Waals surface area contributed by atoms with Crippen molar-refractivity contribution in [3.05, 3.63) is 30.1 Å². The van der Waals surface area contributed by atoms with Gasteiger partial charge in [-0.05, 0) is 19.1 Å². The van der Waals surface area contributed by atoms with Gasteiger partial charge in [-0.3, -0.25) is 10.1 Å². The second-order valence-electron chi connectivity index (χ2n) is 3.29. The molecule has 0 aromatic carbocycles. The number of nitrogens with one attached hydrogen (secondary N) is 1. The van der Waals surface area contributed by atoms with Crippen molar-refractivity contribution >= 4 is 23.1 Å². The number of aromatic nitrogens is 2. The Morgan fingerprint density at radius 3 is 2.88 bits per heavy atom. The SMILES string of the molecule is CC(=O)c1cnn2ccc(NC(=O)O)cc12. The zero-order valence-electron chi connectivity index (χ0n) is 8.47. The molecule has 0 saturated carbocycles. The number of carbonyl (C=O) groups excluding carboxylic acids is 1. The van der Waals surface area contributed by atoms with E-state index >= 15 is 0 Å². The minimum atomic E-state index is -1.15. The van der Waals surface area contributed by atoms with Crippen molar-refractivity contribution in [1.29, 1.82) is 0 Å². The Morgan fingerprint density at radius 2 is 2.25 bits per heavy atom. The number of ketones is 1. The first kappa shape index (κ1) is 10.2. The quantitative estimate of drug-likeness (QED) is 0.752. The van der Waals surface area contributed by atoms with Gasteiger partial charge in [-0.2, -0.15) is 5.10 Å². The van der Waals surface area contributed by atoms with Crippen LogP contribution in [0, 0.1) is 0 Å². The molecule has 16 heavy (non-hydrogen) atoms. The van der Waals surface area contributed by atoms with Gasteiger partial charge in [-0.15, -0.1) is 0 Å². The molecule has 2 aromatic heterocycles. The van der Waals surface area contributed by atoms with Crippen molar-refractivity contribution in [3.8, 4) is 0 Å². The molecule has 2 aromatic rings. The normalized spacial score (nSPS) is 10.3. The second kappa shape index (κ2) is 3.65. The van der Waals surface area contributed by atoms with Crippen LogP contribution in [0.4, 0.5) is 10.5 Å². The number of pyridine rings is 1. The summed E-state index contributed by atoms with van der Waals surface area (Å²) in [6.45, 7) is 1.44. The molecule has 6 nitrogen and oxygen atoms in total. The smallest absolute Gasteiger partial charge is 0.409 e. The number of hydrogen-bond donors (Lipinski definition) is 2. The zero-order chi connectivity index (χ0) is 11.7. The largest absolute Gasteiger partial charge is 0.465 e. The summed E-state index contributed by atoms with van der Waals surface area (Å²) in [6.07, 6.45) is 1.91. The maximum atomic E-state index is 11.3. The van der Waals surface area contributed by atoms with Crippen molar-refractivity contribution in [1.82, 2.24) is 9.61 Å². The summed E-state index contributed by atoms with van der Waals surface area (Å²) >= 11 is 0. The highest BCUT2D eigenvalue weighted by Crippen LogP contribution is 2.16. The lowest BCUT2D eigenvalue weighted by Gasteiger charge is -2.01. The van der Waals surface area contributed by atoms with Gasteiger partial charge < -0.3 is 5.11 Å². The molecule has 0 saturated heterocycles. The fourth-order valence-corrected chi connectivity index (χ4v) is 1.45. The van der Waals surface area contributed by atoms with E-state index in [4.69, 9.17) is 5.11 Å². The van der Waals surface area contributed by atoms with Crippen LogP contribution in [0.1, 0.15) is 17.3 Å². The van der Waals surface area contributed by atoms with Crippen LogP contribution >= 0.6 is 0 Å². The van der Waals surface area contributed by atoms with Gasteiger partial charge in [0.05, 0.1) is 17.3 Å². The van der Waals surface area contributed by atoms with E-state index < -0.39 is 6.09 Å². The molecule has 0 unspecified atom stereocenters. The summed E-state index contributed by atoms with van der Waals surface area (Å²) in [5.41, 5.74) is 1.45. The molecule has 82 valence electrons. The minimum Gasteiger partial charge on any atom is -0.465 e. The molecule has 2 rings (SSSR count). The predicted molar refractivity (Wildman–Crippen MR) is 56.8 cm³/mol. The third kappa shape index (κ3) is 1.72. The Balaban J connectivity index is 2.54. The Morgan fingerprint density at radius 1 is 1.50 bits per heavy atom. The lowest BCUT2D eigenvalue weighted by atomic mass is 10.2. The van der Waals surface area contributed by atoms with E-state index in [0.717, 1.165) is 0 Å². The molecule has 0 aliphatic heterocycles. The summed E-state index contributed by atoms with van der Waals surface area (Å²) < 4.78 is 1.52. The van der Waals surface area contributed by atoms with Gasteiger partial charge in [0.1, 0.15) is 0 Å². The number of amides is 1. The Kier molecular flexibility index (Phi) is 2.32. The molecule has 0 spiro atoms. The number of Topliss-reactive ketones (excluding diaryl/α,β-unsaturated/α-hetero) is 1. The van der Waals surface area contributed by atoms with Gasteiger partial charge in [0.2, 0.25) is 0 Å². The standard InChI is InChI=1S/C10H9N3O3/c1-6(14)8-5-11-13-3-2-7(4-9(8)13)12-10(15)16/h2-5,12H,1H3,(H,15,16). The highest BCUT2D eigenvalue weighted by Gasteiger charge is 2.09. The second-order valence-corrected chi connectivity index (χ2v) is 3.29. The average Bonchev–Trinajstić information content (AvgIpc) is 2.59. The molecular formula is C10H9N3O3. The van der Waals surface area contributed by atoms with E-state index in [2.05, 4.69) is 10.4 Å². The van der Waals surface area contributed by atoms with Crippen molar-refractivity contribution < 1.29 is 14.7 Å². The van der Waals surface area contributed by atoms with Gasteiger partial charge >= 0.3 is 6.09 Å². The van der Waals surface area contributed by atoms with Gasteiger partial charge in [0.25, 0.3) is 0 Å². The number of carboxylic acid groups (broad SMARTS) is 1. The van der Waals surface area contributed by atoms with E-state index in [0.29, 0.717) is 16.8 Å². The Bertz CT molecular complexity index is 574. The topological polar surface area (TPSA) is 83.7 Å². The van der Waals surface area contributed by atoms with Crippen LogP contribution in [0.15, 0.2) is 24.5 Å². The van der Waals surface area contributed by atoms with Crippen LogP contribution in [0.25, 0.3) is 5.52 Å². The number of rotatable bonds is 2. The summed E-state index contributed by atoms with van der Waals surface area (Å²) in [5.74, 6) is -0.109. The highest BCUT2D eigenvalue weighted by atomic mass is 16.4. The lowest BCUT2D eigenvalue weighted by molar-refractivity contribution is 0.101. The molecular weight excluding hydrogens is 210 g/mol. The van der Waals surface area contributed by atoms with Crippen LogP contribution in [0.2, 0.25) is 0 Å². The number of nitrogens with zero attached hydrogens (tertiary/aromatic N) is 2. The molecule has 0 aliphatic rings. The molecule has 0 bridgehead atoms. The molecule has 0 fully saturated rings. The monoisotopic (exact) mass is 219 g/mol. The van der Waals surface area contributed by atoms with Crippen molar-refractivity contribution in [2.24, 2.45) is 0 Å². The van der Waals surface area contributed by atoms with E-state index in [-0.39, 0.29) is 5.78 Å². The van der Waals surface area contributed by atoms with Crippen LogP contribution in [0.5, 0.6) is 0 Å². The van der Waals surface area contributed by atoms with Crippen LogP contribution in [0.3, 0.4) is 0 Å². The number of hydrogen-bond acceptors (Lipinski definition) is 3. The van der Waals surface area contributed by atoms with Crippen molar-refractivity contribution in [3.63, 3.8) is 0 Å². The Hall–Kier alpha value is -2.37. The highest BCUT2D eigenvalue weighted by molar-refractivity contribution is 6.01. The fraction of sp³-hybridized carbons (Fsp3) is 0.100. The third-order valence-electron chi connectivity index (χ3n) is 2.15. The molecule has 6 heteroatoms. The van der Waals surface area contributed by atoms with Gasteiger partial charge in [-0.25, -0.2) is 9.31 Å². The van der Waals surface area contributed by atoms with Gasteiger partial charge in [0, 0.05) is 11.9 Å². The fourth-order valence-electron chi connectivity index (χ4n) is 1.45. The van der Waals surface area contributed by atoms with Gasteiger partial charge in [0.15, 0.2) is 5.78 Å². The molecule has 0 atom stereocenters. The molecule has 1 amide bonds. The third-order valence-corrected chi connectivity index (χ3v) is 2.15. The average molecular weight is 219 g/mol. The van der Waals surface area contributed by atoms with E-state index in [9.17, 15) is 9.59 Å². The summed E-state index contributed by atoms with van der Waals surface area (Å²) in [7, 11) is 0. The molecule has 2 N–H and O–H groups in total. The van der Waals surface area contributed by atoms with E-state index in [1.807, 2.05) is 0 Å². The van der Waals surface area contributed by atoms with Crippen LogP contribution in [-0.4, -0.2) is 26.6 Å². The number of carbonyl (C=O) groups is 2. The van der Waals surface area contributed by atoms with Crippen LogP contribution < -0.4 is 5.32 Å². The minimum absolute atomic E-state index is 0.109. The number of anilines is 1. The molecule has 0 radical (unpaired) electrons.